The molecule has 0 saturated heterocycles. The summed E-state index contributed by atoms with van der Waals surface area (Å²) in [6.45, 7) is 7.78. The van der Waals surface area contributed by atoms with E-state index < -0.39 is 6.16 Å². The van der Waals surface area contributed by atoms with Crippen molar-refractivity contribution in [3.8, 4) is 0 Å². The van der Waals surface area contributed by atoms with Crippen molar-refractivity contribution >= 4 is 6.16 Å². The first-order valence-electron chi connectivity index (χ1n) is 6.93. The Morgan fingerprint density at radius 2 is 1.53 bits per heavy atom. The zero-order valence-corrected chi connectivity index (χ0v) is 11.8. The summed E-state index contributed by atoms with van der Waals surface area (Å²) >= 11 is 0. The molecular weight excluding hydrogens is 216 g/mol. The average molecular weight is 244 g/mol. The molecule has 1 atom stereocenters. The summed E-state index contributed by atoms with van der Waals surface area (Å²) in [4.78, 5) is 11.2. The number of hydrogen-bond donors (Lipinski definition) is 0. The van der Waals surface area contributed by atoms with Gasteiger partial charge in [-0.2, -0.15) is 0 Å². The van der Waals surface area contributed by atoms with Crippen LogP contribution in [0.25, 0.3) is 0 Å². The summed E-state index contributed by atoms with van der Waals surface area (Å²) in [7, 11) is 0. The highest BCUT2D eigenvalue weighted by Gasteiger charge is 2.11. The highest BCUT2D eigenvalue weighted by atomic mass is 16.7. The molecule has 0 aromatic carbocycles. The quantitative estimate of drug-likeness (QED) is 0.436. The molecule has 0 heterocycles. The molecule has 3 nitrogen and oxygen atoms in total. The van der Waals surface area contributed by atoms with E-state index in [1.807, 2.05) is 20.8 Å². The maximum Gasteiger partial charge on any atom is 0.508 e. The van der Waals surface area contributed by atoms with E-state index in [9.17, 15) is 4.79 Å². The number of carbonyl (C=O) groups excluding carboxylic acids is 1. The Hall–Kier alpha value is -0.730. The first-order valence-corrected chi connectivity index (χ1v) is 6.93. The Bertz CT molecular complexity index is 190. The van der Waals surface area contributed by atoms with Crippen molar-refractivity contribution in [3.05, 3.63) is 0 Å². The number of rotatable bonds is 9. The summed E-state index contributed by atoms with van der Waals surface area (Å²) in [5.41, 5.74) is 0. The Kier molecular flexibility index (Phi) is 9.98. The zero-order chi connectivity index (χ0) is 13.1. The van der Waals surface area contributed by atoms with Crippen molar-refractivity contribution < 1.29 is 14.3 Å². The summed E-state index contributed by atoms with van der Waals surface area (Å²) in [5, 5.41) is 0. The molecule has 0 rings (SSSR count). The molecule has 0 aliphatic rings. The first kappa shape index (κ1) is 16.3. The van der Waals surface area contributed by atoms with E-state index in [4.69, 9.17) is 9.47 Å². The summed E-state index contributed by atoms with van der Waals surface area (Å²) in [5.74, 6) is 0. The minimum absolute atomic E-state index is 0.0348. The highest BCUT2D eigenvalue weighted by Crippen LogP contribution is 2.10. The minimum Gasteiger partial charge on any atom is -0.432 e. The lowest BCUT2D eigenvalue weighted by molar-refractivity contribution is 0.00940. The lowest BCUT2D eigenvalue weighted by Crippen LogP contribution is -2.19. The predicted molar refractivity (Wildman–Crippen MR) is 70.2 cm³/mol. The number of ether oxygens (including phenoxy) is 2. The van der Waals surface area contributed by atoms with Gasteiger partial charge in [0.25, 0.3) is 0 Å². The molecule has 0 aliphatic heterocycles. The topological polar surface area (TPSA) is 35.5 Å². The second kappa shape index (κ2) is 10.4. The van der Waals surface area contributed by atoms with Gasteiger partial charge in [-0.05, 0) is 33.6 Å². The third kappa shape index (κ3) is 11.5. The van der Waals surface area contributed by atoms with Crippen LogP contribution in [0, 0.1) is 0 Å². The van der Waals surface area contributed by atoms with E-state index in [2.05, 4.69) is 6.92 Å². The van der Waals surface area contributed by atoms with Crippen LogP contribution >= 0.6 is 0 Å². The molecule has 17 heavy (non-hydrogen) atoms. The summed E-state index contributed by atoms with van der Waals surface area (Å²) in [6.07, 6.45) is 7.81. The SMILES string of the molecule is CCCCCCCCC(C)OC(=O)OC(C)C. The Balaban J connectivity index is 3.39. The van der Waals surface area contributed by atoms with Crippen LogP contribution in [-0.4, -0.2) is 18.4 Å². The van der Waals surface area contributed by atoms with Gasteiger partial charge in [0.05, 0.1) is 6.10 Å². The first-order chi connectivity index (χ1) is 8.06. The van der Waals surface area contributed by atoms with Gasteiger partial charge in [-0.1, -0.05) is 39.0 Å². The standard InChI is InChI=1S/C14H28O3/c1-5-6-7-8-9-10-11-13(4)17-14(15)16-12(2)3/h12-13H,5-11H2,1-4H3. The van der Waals surface area contributed by atoms with Crippen molar-refractivity contribution in [1.29, 1.82) is 0 Å². The Morgan fingerprint density at radius 1 is 0.941 bits per heavy atom. The predicted octanol–water partition coefficient (Wildman–Crippen LogP) is 4.69. The maximum absolute atomic E-state index is 11.2. The van der Waals surface area contributed by atoms with E-state index in [1.165, 1.54) is 32.1 Å². The third-order valence-corrected chi connectivity index (χ3v) is 2.59. The molecule has 0 aromatic heterocycles. The Morgan fingerprint density at radius 3 is 2.12 bits per heavy atom. The molecule has 0 amide bonds. The van der Waals surface area contributed by atoms with Gasteiger partial charge in [-0.3, -0.25) is 0 Å². The number of carbonyl (C=O) groups is 1. The van der Waals surface area contributed by atoms with E-state index in [0.717, 1.165) is 12.8 Å². The third-order valence-electron chi connectivity index (χ3n) is 2.59. The van der Waals surface area contributed by atoms with Crippen LogP contribution in [0.15, 0.2) is 0 Å². The monoisotopic (exact) mass is 244 g/mol. The van der Waals surface area contributed by atoms with E-state index in [-0.39, 0.29) is 12.2 Å². The molecule has 0 saturated carbocycles. The second-order valence-corrected chi connectivity index (χ2v) is 4.90. The molecule has 0 aliphatic carbocycles. The molecule has 3 heteroatoms. The van der Waals surface area contributed by atoms with Crippen LogP contribution in [0.4, 0.5) is 4.79 Å². The van der Waals surface area contributed by atoms with Crippen LogP contribution in [0.1, 0.15) is 72.6 Å². The molecule has 0 bridgehead atoms. The Labute approximate surface area is 106 Å². The molecule has 1 unspecified atom stereocenters. The van der Waals surface area contributed by atoms with Gasteiger partial charge in [0.15, 0.2) is 0 Å². The van der Waals surface area contributed by atoms with Gasteiger partial charge < -0.3 is 9.47 Å². The van der Waals surface area contributed by atoms with Crippen LogP contribution in [-0.2, 0) is 9.47 Å². The fourth-order valence-electron chi connectivity index (χ4n) is 1.66. The number of hydrogen-bond acceptors (Lipinski definition) is 3. The zero-order valence-electron chi connectivity index (χ0n) is 11.8. The van der Waals surface area contributed by atoms with Crippen molar-refractivity contribution in [3.63, 3.8) is 0 Å². The van der Waals surface area contributed by atoms with Gasteiger partial charge in [-0.15, -0.1) is 0 Å². The van der Waals surface area contributed by atoms with Crippen LogP contribution in [0.3, 0.4) is 0 Å². The van der Waals surface area contributed by atoms with Crippen molar-refractivity contribution in [1.82, 2.24) is 0 Å². The summed E-state index contributed by atoms with van der Waals surface area (Å²) < 4.78 is 10.0. The molecule has 102 valence electrons. The molecule has 0 aromatic rings. The molecule has 0 radical (unpaired) electrons. The highest BCUT2D eigenvalue weighted by molar-refractivity contribution is 5.60. The molecule has 0 fully saturated rings. The maximum atomic E-state index is 11.2. The van der Waals surface area contributed by atoms with Crippen molar-refractivity contribution in [2.45, 2.75) is 84.8 Å². The lowest BCUT2D eigenvalue weighted by atomic mass is 10.1. The van der Waals surface area contributed by atoms with Gasteiger partial charge in [0.1, 0.15) is 6.10 Å². The minimum atomic E-state index is -0.543. The molecule has 0 spiro atoms. The van der Waals surface area contributed by atoms with Gasteiger partial charge in [-0.25, -0.2) is 4.79 Å². The smallest absolute Gasteiger partial charge is 0.432 e. The van der Waals surface area contributed by atoms with Gasteiger partial charge >= 0.3 is 6.16 Å². The summed E-state index contributed by atoms with van der Waals surface area (Å²) in [6, 6.07) is 0. The van der Waals surface area contributed by atoms with E-state index >= 15 is 0 Å². The average Bonchev–Trinajstić information content (AvgIpc) is 2.21. The normalized spacial score (nSPS) is 12.5. The van der Waals surface area contributed by atoms with E-state index in [0.29, 0.717) is 0 Å². The van der Waals surface area contributed by atoms with Crippen LogP contribution < -0.4 is 0 Å². The van der Waals surface area contributed by atoms with E-state index in [1.54, 1.807) is 0 Å². The van der Waals surface area contributed by atoms with Crippen molar-refractivity contribution in [2.24, 2.45) is 0 Å². The molecular formula is C14H28O3. The largest absolute Gasteiger partial charge is 0.508 e. The molecule has 0 N–H and O–H groups in total. The second-order valence-electron chi connectivity index (χ2n) is 4.90. The lowest BCUT2D eigenvalue weighted by Gasteiger charge is -2.14. The fourth-order valence-corrected chi connectivity index (χ4v) is 1.66. The number of unbranched alkanes of at least 4 members (excludes halogenated alkanes) is 5. The van der Waals surface area contributed by atoms with Crippen LogP contribution in [0.5, 0.6) is 0 Å². The van der Waals surface area contributed by atoms with Crippen LogP contribution in [0.2, 0.25) is 0 Å². The fraction of sp³-hybridized carbons (Fsp3) is 0.929. The van der Waals surface area contributed by atoms with Crippen molar-refractivity contribution in [2.75, 3.05) is 0 Å². The van der Waals surface area contributed by atoms with Gasteiger partial charge in [0.2, 0.25) is 0 Å². The van der Waals surface area contributed by atoms with Gasteiger partial charge in [0, 0.05) is 0 Å².